The van der Waals surface area contributed by atoms with E-state index in [-0.39, 0.29) is 0 Å². The lowest BCUT2D eigenvalue weighted by molar-refractivity contribution is 0.610. The van der Waals surface area contributed by atoms with Gasteiger partial charge in [0.2, 0.25) is 0 Å². The van der Waals surface area contributed by atoms with Crippen LogP contribution in [0.3, 0.4) is 0 Å². The van der Waals surface area contributed by atoms with Crippen molar-refractivity contribution < 1.29 is 0 Å². The summed E-state index contributed by atoms with van der Waals surface area (Å²) in [7, 11) is 0. The molecule has 4 nitrogen and oxygen atoms in total. The summed E-state index contributed by atoms with van der Waals surface area (Å²) in [5, 5.41) is 0. The Bertz CT molecular complexity index is 293. The van der Waals surface area contributed by atoms with Crippen LogP contribution in [-0.4, -0.2) is 18.1 Å². The molecule has 1 saturated heterocycles. The zero-order chi connectivity index (χ0) is 8.55. The monoisotopic (exact) mass is 164 g/mol. The first-order chi connectivity index (χ1) is 5.77. The lowest BCUT2D eigenvalue weighted by Gasteiger charge is -2.32. The molecule has 0 unspecified atom stereocenters. The Hall–Kier alpha value is -1.45. The normalized spacial score (nSPS) is 15.8. The van der Waals surface area contributed by atoms with Gasteiger partial charge < -0.3 is 16.4 Å². The molecule has 4 heteroatoms. The lowest BCUT2D eigenvalue weighted by Crippen LogP contribution is -2.37. The first kappa shape index (κ1) is 7.21. The highest BCUT2D eigenvalue weighted by atomic mass is 15.2. The number of anilines is 3. The molecule has 0 atom stereocenters. The predicted octanol–water partition coefficient (Wildman–Crippen LogP) is 0.456. The molecule has 2 rings (SSSR count). The quantitative estimate of drug-likeness (QED) is 0.632. The fourth-order valence-electron chi connectivity index (χ4n) is 1.19. The molecule has 0 aromatic carbocycles. The molecule has 64 valence electrons. The van der Waals surface area contributed by atoms with Crippen LogP contribution in [0.4, 0.5) is 17.2 Å². The van der Waals surface area contributed by atoms with E-state index >= 15 is 0 Å². The van der Waals surface area contributed by atoms with Crippen molar-refractivity contribution in [1.82, 2.24) is 4.98 Å². The minimum atomic E-state index is 0.555. The number of pyridine rings is 1. The van der Waals surface area contributed by atoms with Gasteiger partial charge >= 0.3 is 0 Å². The van der Waals surface area contributed by atoms with E-state index in [1.165, 1.54) is 6.42 Å². The van der Waals surface area contributed by atoms with Crippen molar-refractivity contribution in [1.29, 1.82) is 0 Å². The molecule has 4 N–H and O–H groups in total. The summed E-state index contributed by atoms with van der Waals surface area (Å²) in [6.45, 7) is 2.16. The first-order valence-corrected chi connectivity index (χ1v) is 4.03. The van der Waals surface area contributed by atoms with E-state index in [1.807, 2.05) is 6.07 Å². The summed E-state index contributed by atoms with van der Waals surface area (Å²) < 4.78 is 0. The molecule has 0 spiro atoms. The number of nitrogens with two attached hydrogens (primary N) is 2. The van der Waals surface area contributed by atoms with E-state index in [1.54, 1.807) is 6.20 Å². The van der Waals surface area contributed by atoms with Gasteiger partial charge in [-0.15, -0.1) is 0 Å². The molecular weight excluding hydrogens is 152 g/mol. The third-order valence-corrected chi connectivity index (χ3v) is 2.13. The van der Waals surface area contributed by atoms with Crippen LogP contribution in [0.15, 0.2) is 12.3 Å². The van der Waals surface area contributed by atoms with Crippen molar-refractivity contribution in [2.24, 2.45) is 0 Å². The van der Waals surface area contributed by atoms with Gasteiger partial charge in [0, 0.05) is 19.2 Å². The van der Waals surface area contributed by atoms with Gasteiger partial charge in [0.05, 0.1) is 17.6 Å². The average Bonchev–Trinajstić information content (AvgIpc) is 1.93. The van der Waals surface area contributed by atoms with Crippen LogP contribution in [-0.2, 0) is 0 Å². The molecule has 1 aromatic heterocycles. The molecule has 1 fully saturated rings. The van der Waals surface area contributed by atoms with Crippen LogP contribution < -0.4 is 16.4 Å². The van der Waals surface area contributed by atoms with E-state index in [0.717, 1.165) is 18.9 Å². The van der Waals surface area contributed by atoms with E-state index in [0.29, 0.717) is 11.4 Å². The van der Waals surface area contributed by atoms with Gasteiger partial charge in [0.25, 0.3) is 0 Å². The second-order valence-corrected chi connectivity index (χ2v) is 3.01. The third-order valence-electron chi connectivity index (χ3n) is 2.13. The highest BCUT2D eigenvalue weighted by Gasteiger charge is 2.15. The van der Waals surface area contributed by atoms with Gasteiger partial charge in [-0.05, 0) is 6.42 Å². The van der Waals surface area contributed by atoms with Gasteiger partial charge in [-0.25, -0.2) is 4.98 Å². The fourth-order valence-corrected chi connectivity index (χ4v) is 1.19. The Morgan fingerprint density at radius 3 is 2.50 bits per heavy atom. The average molecular weight is 164 g/mol. The highest BCUT2D eigenvalue weighted by Crippen LogP contribution is 2.22. The molecule has 1 aliphatic rings. The lowest BCUT2D eigenvalue weighted by atomic mass is 10.2. The van der Waals surface area contributed by atoms with Crippen molar-refractivity contribution in [3.63, 3.8) is 0 Å². The summed E-state index contributed by atoms with van der Waals surface area (Å²) in [6, 6.07) is 1.83. The van der Waals surface area contributed by atoms with Crippen molar-refractivity contribution in [2.45, 2.75) is 6.42 Å². The number of hydrogen-bond acceptors (Lipinski definition) is 4. The fraction of sp³-hybridized carbons (Fsp3) is 0.375. The first-order valence-electron chi connectivity index (χ1n) is 4.03. The topological polar surface area (TPSA) is 68.2 Å². The number of nitrogen functional groups attached to an aromatic ring is 2. The Kier molecular flexibility index (Phi) is 1.53. The molecule has 1 aliphatic heterocycles. The predicted molar refractivity (Wildman–Crippen MR) is 49.9 cm³/mol. The van der Waals surface area contributed by atoms with Crippen molar-refractivity contribution in [3.8, 4) is 0 Å². The standard InChI is InChI=1S/C8H12N4/c9-6-4-8(11-5-7(6)10)12-2-1-3-12/h4-5H,1-3,10H2,(H2,9,11). The molecule has 12 heavy (non-hydrogen) atoms. The molecular formula is C8H12N4. The van der Waals surface area contributed by atoms with Gasteiger partial charge in [-0.1, -0.05) is 0 Å². The summed E-state index contributed by atoms with van der Waals surface area (Å²) in [6.07, 6.45) is 2.86. The van der Waals surface area contributed by atoms with Crippen LogP contribution in [0, 0.1) is 0 Å². The molecule has 2 heterocycles. The molecule has 0 amide bonds. The van der Waals surface area contributed by atoms with Crippen LogP contribution in [0.5, 0.6) is 0 Å². The SMILES string of the molecule is Nc1cnc(N2CCC2)cc1N. The smallest absolute Gasteiger partial charge is 0.130 e. The summed E-state index contributed by atoms with van der Waals surface area (Å²) in [5.41, 5.74) is 12.4. The van der Waals surface area contributed by atoms with Crippen LogP contribution in [0.1, 0.15) is 6.42 Å². The summed E-state index contributed by atoms with van der Waals surface area (Å²) >= 11 is 0. The van der Waals surface area contributed by atoms with E-state index in [9.17, 15) is 0 Å². The molecule has 0 saturated carbocycles. The van der Waals surface area contributed by atoms with Gasteiger partial charge in [0.15, 0.2) is 0 Å². The number of aromatic nitrogens is 1. The number of hydrogen-bond donors (Lipinski definition) is 2. The Morgan fingerprint density at radius 1 is 1.25 bits per heavy atom. The number of nitrogens with zero attached hydrogens (tertiary/aromatic N) is 2. The Morgan fingerprint density at radius 2 is 2.00 bits per heavy atom. The van der Waals surface area contributed by atoms with Crippen molar-refractivity contribution in [2.75, 3.05) is 29.5 Å². The van der Waals surface area contributed by atoms with E-state index in [2.05, 4.69) is 9.88 Å². The molecule has 0 aliphatic carbocycles. The minimum Gasteiger partial charge on any atom is -0.397 e. The Balaban J connectivity index is 2.27. The van der Waals surface area contributed by atoms with Gasteiger partial charge in [-0.2, -0.15) is 0 Å². The molecule has 0 radical (unpaired) electrons. The van der Waals surface area contributed by atoms with Crippen molar-refractivity contribution >= 4 is 17.2 Å². The summed E-state index contributed by atoms with van der Waals surface area (Å²) in [5.74, 6) is 0.938. The zero-order valence-corrected chi connectivity index (χ0v) is 6.83. The second kappa shape index (κ2) is 2.55. The van der Waals surface area contributed by atoms with E-state index < -0.39 is 0 Å². The summed E-state index contributed by atoms with van der Waals surface area (Å²) in [4.78, 5) is 6.36. The zero-order valence-electron chi connectivity index (χ0n) is 6.83. The second-order valence-electron chi connectivity index (χ2n) is 3.01. The van der Waals surface area contributed by atoms with E-state index in [4.69, 9.17) is 11.5 Å². The third kappa shape index (κ3) is 1.05. The van der Waals surface area contributed by atoms with Crippen LogP contribution in [0.2, 0.25) is 0 Å². The van der Waals surface area contributed by atoms with Crippen molar-refractivity contribution in [3.05, 3.63) is 12.3 Å². The maximum atomic E-state index is 5.65. The van der Waals surface area contributed by atoms with Gasteiger partial charge in [-0.3, -0.25) is 0 Å². The number of rotatable bonds is 1. The molecule has 0 bridgehead atoms. The Labute approximate surface area is 71.2 Å². The maximum Gasteiger partial charge on any atom is 0.130 e. The van der Waals surface area contributed by atoms with Crippen LogP contribution in [0.25, 0.3) is 0 Å². The highest BCUT2D eigenvalue weighted by molar-refractivity contribution is 5.66. The van der Waals surface area contributed by atoms with Crippen LogP contribution >= 0.6 is 0 Å². The minimum absolute atomic E-state index is 0.555. The largest absolute Gasteiger partial charge is 0.397 e. The maximum absolute atomic E-state index is 5.65. The van der Waals surface area contributed by atoms with Gasteiger partial charge in [0.1, 0.15) is 5.82 Å². The molecule has 1 aromatic rings.